The Hall–Kier alpha value is -5.12. The van der Waals surface area contributed by atoms with Crippen molar-refractivity contribution in [1.82, 2.24) is 24.5 Å². The third-order valence-corrected chi connectivity index (χ3v) is 6.64. The van der Waals surface area contributed by atoms with Gasteiger partial charge in [0, 0.05) is 36.7 Å². The normalized spacial score (nSPS) is 12.2. The number of fused-ring (bicyclic) bond motifs is 2. The Labute approximate surface area is 223 Å². The minimum atomic E-state index is -1.04. The lowest BCUT2D eigenvalue weighted by molar-refractivity contribution is -0.114. The maximum Gasteiger partial charge on any atom is 0.322 e. The molecule has 3 aromatic heterocycles. The molecule has 0 bridgehead atoms. The molecule has 2 N–H and O–H groups in total. The molecule has 1 aliphatic rings. The molecule has 0 unspecified atom stereocenters. The van der Waals surface area contributed by atoms with Gasteiger partial charge in [0.2, 0.25) is 0 Å². The number of carbonyl (C=O) groups is 1. The van der Waals surface area contributed by atoms with Gasteiger partial charge in [0.05, 0.1) is 11.1 Å². The number of carbonyl (C=O) groups excluding carboxylic acids is 1. The third-order valence-electron chi connectivity index (χ3n) is 6.64. The molecule has 0 radical (unpaired) electrons. The fourth-order valence-corrected chi connectivity index (χ4v) is 4.88. The van der Waals surface area contributed by atoms with E-state index in [0.717, 1.165) is 56.9 Å². The van der Waals surface area contributed by atoms with Crippen LogP contribution >= 0.6 is 0 Å². The van der Waals surface area contributed by atoms with Crippen LogP contribution in [0.1, 0.15) is 11.3 Å². The average molecular weight is 522 g/mol. The molecule has 2 aromatic carbocycles. The Morgan fingerprint density at radius 3 is 2.72 bits per heavy atom. The van der Waals surface area contributed by atoms with Crippen molar-refractivity contribution in [3.8, 4) is 34.1 Å². The van der Waals surface area contributed by atoms with Crippen LogP contribution in [0.5, 0.6) is 11.8 Å². The van der Waals surface area contributed by atoms with E-state index in [0.29, 0.717) is 24.0 Å². The van der Waals surface area contributed by atoms with Gasteiger partial charge in [-0.15, -0.1) is 0 Å². The first-order chi connectivity index (χ1) is 18.9. The second-order valence-corrected chi connectivity index (χ2v) is 9.22. The summed E-state index contributed by atoms with van der Waals surface area (Å²) in [6.07, 6.45) is 3.96. The van der Waals surface area contributed by atoms with Gasteiger partial charge in [0.15, 0.2) is 5.83 Å². The summed E-state index contributed by atoms with van der Waals surface area (Å²) < 4.78 is 21.2. The Morgan fingerprint density at radius 1 is 1.13 bits per heavy atom. The van der Waals surface area contributed by atoms with Crippen molar-refractivity contribution in [3.63, 3.8) is 0 Å². The van der Waals surface area contributed by atoms with Crippen molar-refractivity contribution in [2.75, 3.05) is 17.2 Å². The van der Waals surface area contributed by atoms with Crippen molar-refractivity contribution >= 4 is 28.4 Å². The first-order valence-electron chi connectivity index (χ1n) is 12.3. The van der Waals surface area contributed by atoms with Gasteiger partial charge >= 0.3 is 6.01 Å². The van der Waals surface area contributed by atoms with Crippen LogP contribution in [0.3, 0.4) is 0 Å². The number of ether oxygens (including phenoxy) is 1. The van der Waals surface area contributed by atoms with E-state index in [4.69, 9.17) is 4.74 Å². The summed E-state index contributed by atoms with van der Waals surface area (Å²) in [6.45, 7) is 5.62. The van der Waals surface area contributed by atoms with E-state index >= 15 is 0 Å². The lowest BCUT2D eigenvalue weighted by atomic mass is 9.92. The third kappa shape index (κ3) is 4.46. The van der Waals surface area contributed by atoms with E-state index in [1.54, 1.807) is 24.7 Å². The fraction of sp³-hybridized carbons (Fsp3) is 0.138. The number of aromatic nitrogens is 5. The molecular formula is C29H24FN7O2. The lowest BCUT2D eigenvalue weighted by Gasteiger charge is -2.18. The van der Waals surface area contributed by atoms with E-state index in [1.165, 1.54) is 0 Å². The summed E-state index contributed by atoms with van der Waals surface area (Å²) in [6, 6.07) is 15.3. The molecule has 4 heterocycles. The van der Waals surface area contributed by atoms with Crippen LogP contribution in [-0.2, 0) is 18.3 Å². The van der Waals surface area contributed by atoms with Crippen LogP contribution in [0.2, 0.25) is 0 Å². The van der Waals surface area contributed by atoms with Gasteiger partial charge in [-0.2, -0.15) is 0 Å². The average Bonchev–Trinajstić information content (AvgIpc) is 3.21. The first-order valence-corrected chi connectivity index (χ1v) is 12.3. The predicted octanol–water partition coefficient (Wildman–Crippen LogP) is 5.58. The monoisotopic (exact) mass is 521 g/mol. The van der Waals surface area contributed by atoms with Crippen molar-refractivity contribution in [2.45, 2.75) is 13.3 Å². The van der Waals surface area contributed by atoms with Crippen LogP contribution < -0.4 is 15.4 Å². The molecule has 0 spiro atoms. The number of amides is 1. The highest BCUT2D eigenvalue weighted by molar-refractivity contribution is 6.09. The molecule has 194 valence electrons. The highest BCUT2D eigenvalue weighted by Gasteiger charge is 2.26. The number of hydrogen-bond acceptors (Lipinski definition) is 7. The number of halogens is 1. The summed E-state index contributed by atoms with van der Waals surface area (Å²) in [5, 5.41) is 6.87. The molecule has 5 aromatic rings. The topological polar surface area (TPSA) is 107 Å². The molecule has 0 fully saturated rings. The molecule has 0 saturated heterocycles. The quantitative estimate of drug-likeness (QED) is 0.291. The van der Waals surface area contributed by atoms with E-state index in [-0.39, 0.29) is 0 Å². The second kappa shape index (κ2) is 9.64. The second-order valence-electron chi connectivity index (χ2n) is 9.22. The number of anilines is 2. The zero-order chi connectivity index (χ0) is 27.1. The zero-order valence-electron chi connectivity index (χ0n) is 21.3. The summed E-state index contributed by atoms with van der Waals surface area (Å²) in [5.74, 6) is -0.504. The molecule has 1 aliphatic heterocycles. The standard InChI is InChI=1S/C29H24FN7O2/c1-16-10-12-32-29(35-16)39-21-8-9-22-19(14-21)11-13-31-26-24-23(22)25(37(3)27(24)34-15-33-26)18-4-6-20(7-5-18)36-28(38)17(2)30/h4-10,12,14-15H,2,11,13H2,1,3H3,(H,36,38)(H,31,33,34). The fourth-order valence-electron chi connectivity index (χ4n) is 4.88. The van der Waals surface area contributed by atoms with Gasteiger partial charge in [0.25, 0.3) is 5.91 Å². The van der Waals surface area contributed by atoms with E-state index in [2.05, 4.69) is 37.1 Å². The van der Waals surface area contributed by atoms with Gasteiger partial charge in [-0.25, -0.2) is 24.3 Å². The summed E-state index contributed by atoms with van der Waals surface area (Å²) in [4.78, 5) is 29.4. The Morgan fingerprint density at radius 2 is 1.95 bits per heavy atom. The molecule has 0 atom stereocenters. The van der Waals surface area contributed by atoms with Crippen molar-refractivity contribution in [2.24, 2.45) is 7.05 Å². The Kier molecular flexibility index (Phi) is 5.99. The van der Waals surface area contributed by atoms with Gasteiger partial charge in [-0.05, 0) is 60.4 Å². The lowest BCUT2D eigenvalue weighted by Crippen LogP contribution is -2.11. The van der Waals surface area contributed by atoms with Crippen LogP contribution in [0, 0.1) is 6.92 Å². The van der Waals surface area contributed by atoms with Crippen LogP contribution in [0.25, 0.3) is 33.4 Å². The zero-order valence-corrected chi connectivity index (χ0v) is 21.3. The number of hydrogen-bond donors (Lipinski definition) is 2. The molecule has 1 amide bonds. The summed E-state index contributed by atoms with van der Waals surface area (Å²) in [7, 11) is 1.96. The Bertz CT molecular complexity index is 1760. The van der Waals surface area contributed by atoms with Gasteiger partial charge in [-0.3, -0.25) is 4.79 Å². The minimum Gasteiger partial charge on any atom is -0.424 e. The largest absolute Gasteiger partial charge is 0.424 e. The van der Waals surface area contributed by atoms with Crippen LogP contribution in [-0.4, -0.2) is 37.0 Å². The highest BCUT2D eigenvalue weighted by Crippen LogP contribution is 2.45. The molecule has 0 saturated carbocycles. The molecular weight excluding hydrogens is 497 g/mol. The number of nitrogens with one attached hydrogen (secondary N) is 2. The first kappa shape index (κ1) is 24.2. The predicted molar refractivity (Wildman–Crippen MR) is 147 cm³/mol. The highest BCUT2D eigenvalue weighted by atomic mass is 19.1. The van der Waals surface area contributed by atoms with Crippen molar-refractivity contribution < 1.29 is 13.9 Å². The number of aryl methyl sites for hydroxylation is 2. The van der Waals surface area contributed by atoms with Crippen molar-refractivity contribution in [1.29, 1.82) is 0 Å². The number of benzene rings is 2. The summed E-state index contributed by atoms with van der Waals surface area (Å²) >= 11 is 0. The van der Waals surface area contributed by atoms with Gasteiger partial charge in [-0.1, -0.05) is 24.8 Å². The number of nitrogens with zero attached hydrogens (tertiary/aromatic N) is 5. The molecule has 0 aliphatic carbocycles. The van der Waals surface area contributed by atoms with E-state index in [1.807, 2.05) is 54.9 Å². The van der Waals surface area contributed by atoms with Crippen LogP contribution in [0.4, 0.5) is 15.9 Å². The SMILES string of the molecule is C=C(F)C(=O)Nc1ccc(-c2c3c4c(ncnc4n2C)NCCc2cc(Oc4nccc(C)n4)ccc2-3)cc1. The maximum absolute atomic E-state index is 13.2. The minimum absolute atomic E-state index is 0.295. The summed E-state index contributed by atoms with van der Waals surface area (Å²) in [5.41, 5.74) is 7.00. The van der Waals surface area contributed by atoms with Gasteiger partial charge in [0.1, 0.15) is 23.5 Å². The van der Waals surface area contributed by atoms with E-state index in [9.17, 15) is 9.18 Å². The smallest absolute Gasteiger partial charge is 0.322 e. The number of rotatable bonds is 5. The molecule has 39 heavy (non-hydrogen) atoms. The molecule has 10 heteroatoms. The van der Waals surface area contributed by atoms with E-state index < -0.39 is 11.7 Å². The maximum atomic E-state index is 13.2. The Balaban J connectivity index is 1.49. The van der Waals surface area contributed by atoms with Crippen molar-refractivity contribution in [3.05, 3.63) is 84.7 Å². The van der Waals surface area contributed by atoms with Gasteiger partial charge < -0.3 is 19.9 Å². The van der Waals surface area contributed by atoms with Crippen LogP contribution in [0.15, 0.2) is 73.5 Å². The molecule has 6 rings (SSSR count). The molecule has 9 nitrogen and oxygen atoms in total.